The molecule has 0 unspecified atom stereocenters. The van der Waals surface area contributed by atoms with E-state index in [0.717, 1.165) is 5.69 Å². The fourth-order valence-electron chi connectivity index (χ4n) is 2.06. The molecule has 2 N–H and O–H groups in total. The fourth-order valence-corrected chi connectivity index (χ4v) is 2.06. The third-order valence-electron chi connectivity index (χ3n) is 3.18. The van der Waals surface area contributed by atoms with Crippen LogP contribution in [-0.2, 0) is 11.8 Å². The first kappa shape index (κ1) is 17.8. The number of methoxy groups -OCH3 is 1. The van der Waals surface area contributed by atoms with Gasteiger partial charge in [0.25, 0.3) is 5.91 Å². The molecule has 0 aliphatic heterocycles. The minimum atomic E-state index is -1.13. The summed E-state index contributed by atoms with van der Waals surface area (Å²) in [5.41, 5.74) is -0.308. The fraction of sp³-hybridized carbons (Fsp3) is 0.412. The Morgan fingerprint density at radius 2 is 2.25 bits per heavy atom. The summed E-state index contributed by atoms with van der Waals surface area (Å²) in [5, 5.41) is 16.5. The number of furan rings is 1. The molecule has 0 spiro atoms. The zero-order chi connectivity index (χ0) is 17.7. The van der Waals surface area contributed by atoms with Gasteiger partial charge in [-0.3, -0.25) is 9.48 Å². The summed E-state index contributed by atoms with van der Waals surface area (Å²) >= 11 is 0. The van der Waals surface area contributed by atoms with E-state index in [0.29, 0.717) is 12.4 Å². The second-order valence-electron chi connectivity index (χ2n) is 5.83. The van der Waals surface area contributed by atoms with E-state index in [2.05, 4.69) is 22.3 Å². The molecule has 7 heteroatoms. The smallest absolute Gasteiger partial charge is 0.287 e. The number of aryl methyl sites for hydroxylation is 1. The number of carbonyl (C=O) groups excluding carboxylic acids is 1. The zero-order valence-corrected chi connectivity index (χ0v) is 14.2. The molecule has 1 amide bonds. The zero-order valence-electron chi connectivity index (χ0n) is 14.2. The van der Waals surface area contributed by atoms with Crippen LogP contribution in [0.5, 0.6) is 0 Å². The molecule has 2 rings (SSSR count). The molecular formula is C17H21N3O4. The van der Waals surface area contributed by atoms with Gasteiger partial charge in [0, 0.05) is 20.4 Å². The maximum atomic E-state index is 12.4. The molecule has 2 aromatic rings. The summed E-state index contributed by atoms with van der Waals surface area (Å²) in [6.45, 7) is 3.44. The van der Waals surface area contributed by atoms with E-state index in [1.807, 2.05) is 6.07 Å². The number of ether oxygens (including phenoxy) is 1. The van der Waals surface area contributed by atoms with Crippen LogP contribution in [0.4, 0.5) is 0 Å². The van der Waals surface area contributed by atoms with E-state index in [1.54, 1.807) is 44.9 Å². The lowest BCUT2D eigenvalue weighted by Gasteiger charge is -2.17. The van der Waals surface area contributed by atoms with Crippen LogP contribution in [0.15, 0.2) is 28.8 Å². The molecule has 0 aliphatic carbocycles. The van der Waals surface area contributed by atoms with Gasteiger partial charge >= 0.3 is 0 Å². The van der Waals surface area contributed by atoms with Gasteiger partial charge in [-0.1, -0.05) is 5.92 Å². The topological polar surface area (TPSA) is 89.5 Å². The minimum Gasteiger partial charge on any atom is -0.443 e. The number of amides is 1. The largest absolute Gasteiger partial charge is 0.443 e. The Balaban J connectivity index is 2.12. The predicted molar refractivity (Wildman–Crippen MR) is 87.2 cm³/mol. The highest BCUT2D eigenvalue weighted by atomic mass is 16.5. The lowest BCUT2D eigenvalue weighted by Crippen LogP contribution is -2.32. The van der Waals surface area contributed by atoms with Crippen molar-refractivity contribution in [3.63, 3.8) is 0 Å². The lowest BCUT2D eigenvalue weighted by molar-refractivity contribution is 0.0864. The van der Waals surface area contributed by atoms with E-state index in [-0.39, 0.29) is 17.7 Å². The van der Waals surface area contributed by atoms with Crippen LogP contribution in [0, 0.1) is 11.8 Å². The first-order valence-electron chi connectivity index (χ1n) is 7.43. The van der Waals surface area contributed by atoms with Crippen LogP contribution < -0.4 is 5.32 Å². The highest BCUT2D eigenvalue weighted by Gasteiger charge is 2.20. The van der Waals surface area contributed by atoms with E-state index < -0.39 is 5.60 Å². The molecule has 128 valence electrons. The number of rotatable bonds is 5. The lowest BCUT2D eigenvalue weighted by atomic mass is 10.1. The molecule has 0 aromatic carbocycles. The number of hydrogen-bond donors (Lipinski definition) is 2. The number of aliphatic hydroxyl groups is 1. The maximum Gasteiger partial charge on any atom is 0.287 e. The molecule has 1 atom stereocenters. The molecule has 2 heterocycles. The normalized spacial score (nSPS) is 12.4. The second kappa shape index (κ2) is 7.34. The summed E-state index contributed by atoms with van der Waals surface area (Å²) in [6, 6.07) is 4.58. The molecule has 0 saturated carbocycles. The highest BCUT2D eigenvalue weighted by molar-refractivity contribution is 5.91. The quantitative estimate of drug-likeness (QED) is 0.805. The average molecular weight is 331 g/mol. The van der Waals surface area contributed by atoms with Gasteiger partial charge in [0.2, 0.25) is 0 Å². The Bertz CT molecular complexity index is 759. The van der Waals surface area contributed by atoms with Crippen molar-refractivity contribution in [2.45, 2.75) is 25.5 Å². The van der Waals surface area contributed by atoms with Crippen molar-refractivity contribution in [3.8, 4) is 11.8 Å². The Morgan fingerprint density at radius 3 is 2.83 bits per heavy atom. The van der Waals surface area contributed by atoms with Crippen LogP contribution in [0.25, 0.3) is 0 Å². The predicted octanol–water partition coefficient (Wildman–Crippen LogP) is 1.25. The molecule has 0 saturated heterocycles. The van der Waals surface area contributed by atoms with Crippen molar-refractivity contribution in [2.75, 3.05) is 13.7 Å². The van der Waals surface area contributed by atoms with Gasteiger partial charge in [0.1, 0.15) is 5.60 Å². The molecule has 0 fully saturated rings. The minimum absolute atomic E-state index is 0.137. The summed E-state index contributed by atoms with van der Waals surface area (Å²) < 4.78 is 12.2. The standard InChI is InChI=1S/C17H21N3O4/c1-17(2,22)9-7-12-5-6-15(24-12)16(21)19-13(11-23-4)14-8-10-18-20(14)3/h5-6,8,10,13,22H,11H2,1-4H3,(H,19,21)/t13-/m1/s1. The second-order valence-corrected chi connectivity index (χ2v) is 5.83. The summed E-state index contributed by atoms with van der Waals surface area (Å²) in [7, 11) is 3.36. The Labute approximate surface area is 140 Å². The monoisotopic (exact) mass is 331 g/mol. The highest BCUT2D eigenvalue weighted by Crippen LogP contribution is 2.14. The SMILES string of the molecule is COC[C@@H](NC(=O)c1ccc(C#CC(C)(C)O)o1)c1ccnn1C. The summed E-state index contributed by atoms with van der Waals surface area (Å²) in [6.07, 6.45) is 1.65. The van der Waals surface area contributed by atoms with Gasteiger partial charge in [-0.05, 0) is 38.0 Å². The first-order valence-corrected chi connectivity index (χ1v) is 7.43. The van der Waals surface area contributed by atoms with Gasteiger partial charge in [-0.15, -0.1) is 0 Å². The van der Waals surface area contributed by atoms with Gasteiger partial charge < -0.3 is 19.6 Å². The number of nitrogens with zero attached hydrogens (tertiary/aromatic N) is 2. The molecule has 7 nitrogen and oxygen atoms in total. The van der Waals surface area contributed by atoms with Gasteiger partial charge in [0.15, 0.2) is 11.5 Å². The van der Waals surface area contributed by atoms with E-state index in [4.69, 9.17) is 9.15 Å². The number of aromatic nitrogens is 2. The maximum absolute atomic E-state index is 12.4. The summed E-state index contributed by atoms with van der Waals surface area (Å²) in [4.78, 5) is 12.4. The van der Waals surface area contributed by atoms with Gasteiger partial charge in [-0.25, -0.2) is 0 Å². The van der Waals surface area contributed by atoms with E-state index >= 15 is 0 Å². The van der Waals surface area contributed by atoms with Crippen LogP contribution in [0.1, 0.15) is 41.9 Å². The molecule has 0 aliphatic rings. The molecule has 2 aromatic heterocycles. The Morgan fingerprint density at radius 1 is 1.50 bits per heavy atom. The third kappa shape index (κ3) is 4.72. The van der Waals surface area contributed by atoms with Crippen LogP contribution >= 0.6 is 0 Å². The van der Waals surface area contributed by atoms with Crippen molar-refractivity contribution < 1.29 is 19.1 Å². The van der Waals surface area contributed by atoms with Crippen LogP contribution in [-0.4, -0.2) is 40.1 Å². The van der Waals surface area contributed by atoms with E-state index in [9.17, 15) is 9.90 Å². The average Bonchev–Trinajstić information content (AvgIpc) is 3.12. The van der Waals surface area contributed by atoms with Crippen molar-refractivity contribution in [1.29, 1.82) is 0 Å². The Kier molecular flexibility index (Phi) is 5.44. The van der Waals surface area contributed by atoms with Crippen molar-refractivity contribution >= 4 is 5.91 Å². The molecule has 24 heavy (non-hydrogen) atoms. The first-order chi connectivity index (χ1) is 11.3. The third-order valence-corrected chi connectivity index (χ3v) is 3.18. The van der Waals surface area contributed by atoms with Gasteiger partial charge in [-0.2, -0.15) is 5.10 Å². The molecule has 0 radical (unpaired) electrons. The molecular weight excluding hydrogens is 310 g/mol. The summed E-state index contributed by atoms with van der Waals surface area (Å²) in [5.74, 6) is 5.39. The molecule has 0 bridgehead atoms. The van der Waals surface area contributed by atoms with Crippen molar-refractivity contribution in [1.82, 2.24) is 15.1 Å². The number of hydrogen-bond acceptors (Lipinski definition) is 5. The number of nitrogens with one attached hydrogen (secondary N) is 1. The van der Waals surface area contributed by atoms with Crippen LogP contribution in [0.2, 0.25) is 0 Å². The van der Waals surface area contributed by atoms with Gasteiger partial charge in [0.05, 0.1) is 18.3 Å². The van der Waals surface area contributed by atoms with Crippen LogP contribution in [0.3, 0.4) is 0 Å². The van der Waals surface area contributed by atoms with Crippen molar-refractivity contribution in [2.24, 2.45) is 7.05 Å². The van der Waals surface area contributed by atoms with Crippen molar-refractivity contribution in [3.05, 3.63) is 41.6 Å². The Hall–Kier alpha value is -2.56. The van der Waals surface area contributed by atoms with E-state index in [1.165, 1.54) is 6.07 Å². The number of carbonyl (C=O) groups is 1.